The highest BCUT2D eigenvalue weighted by Gasteiger charge is 2.39. The maximum atomic E-state index is 14.4. The molecule has 0 radical (unpaired) electrons. The second kappa shape index (κ2) is 12.9. The molecule has 0 aromatic heterocycles. The molecule has 2 aromatic rings. The van der Waals surface area contributed by atoms with E-state index in [1.54, 1.807) is 0 Å². The van der Waals surface area contributed by atoms with Gasteiger partial charge in [0.25, 0.3) is 0 Å². The topological polar surface area (TPSA) is 67.8 Å². The molecule has 0 aliphatic carbocycles. The third-order valence-electron chi connectivity index (χ3n) is 5.66. The fourth-order valence-corrected chi connectivity index (χ4v) is 5.02. The quantitative estimate of drug-likeness (QED) is 0.210. The van der Waals surface area contributed by atoms with Crippen molar-refractivity contribution in [2.75, 3.05) is 32.1 Å². The molecule has 5 nitrogen and oxygen atoms in total. The molecule has 0 saturated carbocycles. The van der Waals surface area contributed by atoms with E-state index in [-0.39, 0.29) is 34.8 Å². The molecule has 0 amide bonds. The standard InChI is InChI=1S/C23H29F3NO4PS/c24-19-6-4-18(5-7-19)23(15-30-16-23)8-1-2-11-33-22-13-20(25)17(12-21(22)26)14-27-9-3-10-31-32(28)29/h4-7,12-13,27,32H,1-3,8-11,14-16H2,(H,28,29). The van der Waals surface area contributed by atoms with Gasteiger partial charge in [-0.1, -0.05) is 18.6 Å². The number of ether oxygens (including phenoxy) is 1. The lowest BCUT2D eigenvalue weighted by Crippen LogP contribution is -2.46. The third-order valence-corrected chi connectivity index (χ3v) is 7.23. The lowest BCUT2D eigenvalue weighted by Gasteiger charge is -2.42. The minimum atomic E-state index is -2.93. The lowest BCUT2D eigenvalue weighted by atomic mass is 9.75. The van der Waals surface area contributed by atoms with Crippen molar-refractivity contribution in [2.24, 2.45) is 0 Å². The zero-order valence-electron chi connectivity index (χ0n) is 18.2. The Hall–Kier alpha value is -1.35. The van der Waals surface area contributed by atoms with Gasteiger partial charge in [-0.25, -0.2) is 13.2 Å². The number of halogens is 3. The van der Waals surface area contributed by atoms with E-state index in [0.717, 1.165) is 24.8 Å². The molecule has 1 saturated heterocycles. The highest BCUT2D eigenvalue weighted by atomic mass is 32.2. The van der Waals surface area contributed by atoms with Crippen molar-refractivity contribution in [3.8, 4) is 0 Å². The highest BCUT2D eigenvalue weighted by Crippen LogP contribution is 2.37. The van der Waals surface area contributed by atoms with Gasteiger partial charge >= 0.3 is 8.25 Å². The average molecular weight is 504 g/mol. The molecule has 1 unspecified atom stereocenters. The average Bonchev–Trinajstić information content (AvgIpc) is 2.75. The second-order valence-electron chi connectivity index (χ2n) is 8.10. The molecular weight excluding hydrogens is 474 g/mol. The van der Waals surface area contributed by atoms with Gasteiger partial charge in [0.15, 0.2) is 0 Å². The number of hydrogen-bond acceptors (Lipinski definition) is 5. The number of hydrogen-bond donors (Lipinski definition) is 2. The van der Waals surface area contributed by atoms with Crippen molar-refractivity contribution < 1.29 is 31.9 Å². The minimum Gasteiger partial charge on any atom is -0.379 e. The fourth-order valence-electron chi connectivity index (χ4n) is 3.75. The molecule has 2 N–H and O–H groups in total. The van der Waals surface area contributed by atoms with Gasteiger partial charge in [0, 0.05) is 22.4 Å². The monoisotopic (exact) mass is 503 g/mol. The van der Waals surface area contributed by atoms with E-state index in [9.17, 15) is 17.7 Å². The molecular formula is C23H29F3NO4PS. The second-order valence-corrected chi connectivity index (χ2v) is 10.1. The van der Waals surface area contributed by atoms with Crippen molar-refractivity contribution in [1.82, 2.24) is 5.32 Å². The predicted molar refractivity (Wildman–Crippen MR) is 123 cm³/mol. The first-order valence-electron chi connectivity index (χ1n) is 10.9. The number of benzene rings is 2. The van der Waals surface area contributed by atoms with E-state index in [0.29, 0.717) is 31.9 Å². The van der Waals surface area contributed by atoms with Gasteiger partial charge < -0.3 is 19.5 Å². The van der Waals surface area contributed by atoms with Crippen LogP contribution in [0.5, 0.6) is 0 Å². The summed E-state index contributed by atoms with van der Waals surface area (Å²) in [5.74, 6) is -0.503. The summed E-state index contributed by atoms with van der Waals surface area (Å²) in [6.45, 7) is 1.99. The van der Waals surface area contributed by atoms with Crippen molar-refractivity contribution >= 4 is 20.0 Å². The molecule has 182 valence electrons. The largest absolute Gasteiger partial charge is 0.379 e. The summed E-state index contributed by atoms with van der Waals surface area (Å²) < 4.78 is 62.4. The van der Waals surface area contributed by atoms with Gasteiger partial charge in [-0.15, -0.1) is 11.8 Å². The SMILES string of the molecule is O=[PH](O)OCCCNCc1cc(F)c(SCCCCC2(c3ccc(F)cc3)COC2)cc1F. The summed E-state index contributed by atoms with van der Waals surface area (Å²) in [4.78, 5) is 8.86. The Kier molecular flexibility index (Phi) is 10.3. The minimum absolute atomic E-state index is 0.0767. The maximum Gasteiger partial charge on any atom is 0.316 e. The number of thioether (sulfide) groups is 1. The Morgan fingerprint density at radius 3 is 2.52 bits per heavy atom. The molecule has 0 spiro atoms. The fraction of sp³-hybridized carbons (Fsp3) is 0.478. The van der Waals surface area contributed by atoms with Gasteiger partial charge in [-0.3, -0.25) is 4.57 Å². The first-order chi connectivity index (χ1) is 15.9. The van der Waals surface area contributed by atoms with E-state index in [1.165, 1.54) is 36.0 Å². The molecule has 1 heterocycles. The zero-order chi connectivity index (χ0) is 23.7. The highest BCUT2D eigenvalue weighted by molar-refractivity contribution is 7.99. The van der Waals surface area contributed by atoms with Crippen LogP contribution in [0.15, 0.2) is 41.3 Å². The maximum absolute atomic E-state index is 14.4. The van der Waals surface area contributed by atoms with E-state index >= 15 is 0 Å². The van der Waals surface area contributed by atoms with Gasteiger partial charge in [0.2, 0.25) is 0 Å². The Morgan fingerprint density at radius 1 is 1.09 bits per heavy atom. The third kappa shape index (κ3) is 7.84. The Morgan fingerprint density at radius 2 is 1.85 bits per heavy atom. The van der Waals surface area contributed by atoms with Crippen LogP contribution in [0, 0.1) is 17.5 Å². The van der Waals surface area contributed by atoms with Crippen LogP contribution in [0.3, 0.4) is 0 Å². The Bertz CT molecular complexity index is 929. The molecule has 33 heavy (non-hydrogen) atoms. The van der Waals surface area contributed by atoms with Crippen molar-refractivity contribution in [1.29, 1.82) is 0 Å². The molecule has 1 atom stereocenters. The summed E-state index contributed by atoms with van der Waals surface area (Å²) in [7, 11) is -2.93. The van der Waals surface area contributed by atoms with Crippen LogP contribution < -0.4 is 5.32 Å². The number of rotatable bonds is 14. The smallest absolute Gasteiger partial charge is 0.316 e. The molecule has 10 heteroatoms. The summed E-state index contributed by atoms with van der Waals surface area (Å²) >= 11 is 1.30. The molecule has 1 aliphatic rings. The molecule has 3 rings (SSSR count). The Balaban J connectivity index is 1.40. The first-order valence-corrected chi connectivity index (χ1v) is 13.2. The van der Waals surface area contributed by atoms with Crippen LogP contribution in [-0.2, 0) is 25.8 Å². The van der Waals surface area contributed by atoms with Crippen molar-refractivity contribution in [3.63, 3.8) is 0 Å². The summed E-state index contributed by atoms with van der Waals surface area (Å²) in [5, 5.41) is 2.97. The van der Waals surface area contributed by atoms with Crippen LogP contribution in [0.1, 0.15) is 36.8 Å². The number of unbranched alkanes of at least 4 members (excludes halogenated alkanes) is 1. The van der Waals surface area contributed by atoms with Crippen molar-refractivity contribution in [3.05, 3.63) is 65.0 Å². The summed E-state index contributed by atoms with van der Waals surface area (Å²) in [6, 6.07) is 9.01. The first kappa shape index (κ1) is 26.3. The summed E-state index contributed by atoms with van der Waals surface area (Å²) in [6.07, 6.45) is 3.15. The van der Waals surface area contributed by atoms with E-state index in [2.05, 4.69) is 9.84 Å². The number of nitrogens with one attached hydrogen (secondary N) is 1. The van der Waals surface area contributed by atoms with Gasteiger partial charge in [0.1, 0.15) is 17.5 Å². The van der Waals surface area contributed by atoms with Gasteiger partial charge in [-0.05, 0) is 61.4 Å². The molecule has 0 bridgehead atoms. The molecule has 1 aliphatic heterocycles. The van der Waals surface area contributed by atoms with Crippen LogP contribution >= 0.6 is 20.0 Å². The Labute approximate surface area is 197 Å². The normalized spacial score (nSPS) is 15.9. The van der Waals surface area contributed by atoms with E-state index < -0.39 is 19.9 Å². The lowest BCUT2D eigenvalue weighted by molar-refractivity contribution is -0.0652. The van der Waals surface area contributed by atoms with Crippen LogP contribution in [0.2, 0.25) is 0 Å². The zero-order valence-corrected chi connectivity index (χ0v) is 20.1. The van der Waals surface area contributed by atoms with Crippen LogP contribution in [0.4, 0.5) is 13.2 Å². The van der Waals surface area contributed by atoms with Crippen LogP contribution in [-0.4, -0.2) is 37.0 Å². The predicted octanol–water partition coefficient (Wildman–Crippen LogP) is 5.21. The molecule has 2 aromatic carbocycles. The van der Waals surface area contributed by atoms with E-state index in [1.807, 2.05) is 12.1 Å². The summed E-state index contributed by atoms with van der Waals surface area (Å²) in [5.41, 5.74) is 1.24. The van der Waals surface area contributed by atoms with E-state index in [4.69, 9.17) is 9.63 Å². The van der Waals surface area contributed by atoms with Gasteiger partial charge in [-0.2, -0.15) is 0 Å². The van der Waals surface area contributed by atoms with Gasteiger partial charge in [0.05, 0.1) is 19.8 Å². The molecule has 1 fully saturated rings. The van der Waals surface area contributed by atoms with Crippen LogP contribution in [0.25, 0.3) is 0 Å². The van der Waals surface area contributed by atoms with Crippen molar-refractivity contribution in [2.45, 2.75) is 42.5 Å².